The molecule has 0 fully saturated rings. The molecule has 0 spiro atoms. The number of nitrogen functional groups attached to an aromatic ring is 1. The van der Waals surface area contributed by atoms with Crippen molar-refractivity contribution in [2.24, 2.45) is 0 Å². The summed E-state index contributed by atoms with van der Waals surface area (Å²) in [6, 6.07) is 6.43. The van der Waals surface area contributed by atoms with E-state index in [1.807, 2.05) is 6.07 Å². The van der Waals surface area contributed by atoms with Crippen molar-refractivity contribution >= 4 is 33.1 Å². The van der Waals surface area contributed by atoms with E-state index in [-0.39, 0.29) is 17.1 Å². The van der Waals surface area contributed by atoms with E-state index in [2.05, 4.69) is 26.2 Å². The molecule has 1 heterocycles. The van der Waals surface area contributed by atoms with Crippen molar-refractivity contribution in [3.05, 3.63) is 46.1 Å². The maximum Gasteiger partial charge on any atom is 0.416 e. The molecule has 0 aliphatic carbocycles. The summed E-state index contributed by atoms with van der Waals surface area (Å²) in [6.45, 7) is 0. The van der Waals surface area contributed by atoms with E-state index in [1.54, 1.807) is 0 Å². The Labute approximate surface area is 126 Å². The van der Waals surface area contributed by atoms with Crippen LogP contribution >= 0.6 is 15.9 Å². The smallest absolute Gasteiger partial charge is 0.397 e. The summed E-state index contributed by atoms with van der Waals surface area (Å²) in [5, 5.41) is 11.7. The molecule has 8 heteroatoms. The van der Waals surface area contributed by atoms with Crippen molar-refractivity contribution in [3.63, 3.8) is 0 Å². The number of hydrogen-bond acceptors (Lipinski definition) is 4. The number of nitrogens with one attached hydrogen (secondary N) is 1. The molecule has 21 heavy (non-hydrogen) atoms. The Morgan fingerprint density at radius 1 is 1.29 bits per heavy atom. The van der Waals surface area contributed by atoms with Crippen LogP contribution in [0.2, 0.25) is 0 Å². The Morgan fingerprint density at radius 3 is 2.62 bits per heavy atom. The van der Waals surface area contributed by atoms with Gasteiger partial charge < -0.3 is 11.1 Å². The van der Waals surface area contributed by atoms with Gasteiger partial charge in [-0.25, -0.2) is 4.98 Å². The van der Waals surface area contributed by atoms with Gasteiger partial charge in [0.25, 0.3) is 0 Å². The number of rotatable bonds is 2. The van der Waals surface area contributed by atoms with E-state index in [0.29, 0.717) is 10.2 Å². The van der Waals surface area contributed by atoms with E-state index >= 15 is 0 Å². The minimum atomic E-state index is -4.45. The highest BCUT2D eigenvalue weighted by molar-refractivity contribution is 9.10. The summed E-state index contributed by atoms with van der Waals surface area (Å²) in [5.41, 5.74) is 5.29. The minimum Gasteiger partial charge on any atom is -0.397 e. The lowest BCUT2D eigenvalue weighted by Gasteiger charge is -2.13. The molecule has 0 saturated heterocycles. The largest absolute Gasteiger partial charge is 0.416 e. The molecule has 0 unspecified atom stereocenters. The molecule has 0 aliphatic rings. The first-order valence-electron chi connectivity index (χ1n) is 5.60. The molecule has 0 bridgehead atoms. The molecule has 0 aliphatic heterocycles. The maximum absolute atomic E-state index is 12.7. The Balaban J connectivity index is 2.43. The number of halogens is 4. The summed E-state index contributed by atoms with van der Waals surface area (Å²) in [6.07, 6.45) is -3.14. The van der Waals surface area contributed by atoms with Crippen LogP contribution in [0.3, 0.4) is 0 Å². The SMILES string of the molecule is N#Cc1cc(N)cnc1Nc1cc(C(F)(F)F)ccc1Br. The number of anilines is 3. The fraction of sp³-hybridized carbons (Fsp3) is 0.0769. The number of pyridine rings is 1. The summed E-state index contributed by atoms with van der Waals surface area (Å²) in [7, 11) is 0. The highest BCUT2D eigenvalue weighted by atomic mass is 79.9. The third kappa shape index (κ3) is 3.44. The Bertz CT molecular complexity index is 722. The maximum atomic E-state index is 12.7. The molecule has 0 radical (unpaired) electrons. The summed E-state index contributed by atoms with van der Waals surface area (Å²) in [4.78, 5) is 3.92. The molecule has 108 valence electrons. The first-order chi connectivity index (χ1) is 9.81. The fourth-order valence-electron chi connectivity index (χ4n) is 1.59. The number of nitrogens with two attached hydrogens (primary N) is 1. The molecule has 0 saturated carbocycles. The normalized spacial score (nSPS) is 11.0. The Hall–Kier alpha value is -2.27. The number of benzene rings is 1. The van der Waals surface area contributed by atoms with Gasteiger partial charge in [0, 0.05) is 4.47 Å². The van der Waals surface area contributed by atoms with Crippen molar-refractivity contribution < 1.29 is 13.2 Å². The predicted molar refractivity (Wildman–Crippen MR) is 75.8 cm³/mol. The van der Waals surface area contributed by atoms with Crippen LogP contribution in [0.25, 0.3) is 0 Å². The van der Waals surface area contributed by atoms with Crippen LogP contribution in [0.4, 0.5) is 30.4 Å². The van der Waals surface area contributed by atoms with Crippen molar-refractivity contribution in [2.45, 2.75) is 6.18 Å². The topological polar surface area (TPSA) is 74.7 Å². The average Bonchev–Trinajstić information content (AvgIpc) is 2.41. The molecule has 3 N–H and O–H groups in total. The predicted octanol–water partition coefficient (Wildman–Crippen LogP) is 4.06. The zero-order chi connectivity index (χ0) is 15.6. The fourth-order valence-corrected chi connectivity index (χ4v) is 1.94. The monoisotopic (exact) mass is 356 g/mol. The lowest BCUT2D eigenvalue weighted by molar-refractivity contribution is -0.137. The molecule has 1 aromatic carbocycles. The van der Waals surface area contributed by atoms with Gasteiger partial charge in [0.15, 0.2) is 0 Å². The van der Waals surface area contributed by atoms with E-state index in [0.717, 1.165) is 12.1 Å². The number of alkyl halides is 3. The molecular formula is C13H8BrF3N4. The molecule has 0 amide bonds. The third-order valence-electron chi connectivity index (χ3n) is 2.58. The van der Waals surface area contributed by atoms with Crippen LogP contribution in [-0.2, 0) is 6.18 Å². The van der Waals surface area contributed by atoms with E-state index in [9.17, 15) is 13.2 Å². The second kappa shape index (κ2) is 5.61. The molecule has 4 nitrogen and oxygen atoms in total. The van der Waals surface area contributed by atoms with Gasteiger partial charge in [-0.05, 0) is 40.2 Å². The van der Waals surface area contributed by atoms with Crippen molar-refractivity contribution in [3.8, 4) is 6.07 Å². The quantitative estimate of drug-likeness (QED) is 0.850. The Kier molecular flexibility index (Phi) is 4.04. The standard InChI is InChI=1S/C13H8BrF3N4/c14-10-2-1-8(13(15,16)17)4-11(10)21-12-7(5-18)3-9(19)6-20-12/h1-4,6H,19H2,(H,20,21). The number of aromatic nitrogens is 1. The molecule has 2 rings (SSSR count). The lowest BCUT2D eigenvalue weighted by Crippen LogP contribution is -2.06. The van der Waals surface area contributed by atoms with Crippen LogP contribution in [0.15, 0.2) is 34.9 Å². The first kappa shape index (κ1) is 15.1. The van der Waals surface area contributed by atoms with Crippen LogP contribution in [-0.4, -0.2) is 4.98 Å². The number of nitrogens with zero attached hydrogens (tertiary/aromatic N) is 2. The van der Waals surface area contributed by atoms with Crippen LogP contribution in [0.5, 0.6) is 0 Å². The van der Waals surface area contributed by atoms with Crippen molar-refractivity contribution in [1.29, 1.82) is 5.26 Å². The van der Waals surface area contributed by atoms with Gasteiger partial charge in [-0.1, -0.05) is 0 Å². The number of hydrogen-bond donors (Lipinski definition) is 2. The van der Waals surface area contributed by atoms with Crippen LogP contribution < -0.4 is 11.1 Å². The van der Waals surface area contributed by atoms with E-state index in [4.69, 9.17) is 11.0 Å². The van der Waals surface area contributed by atoms with Gasteiger partial charge in [0.1, 0.15) is 11.9 Å². The van der Waals surface area contributed by atoms with Crippen molar-refractivity contribution in [2.75, 3.05) is 11.1 Å². The van der Waals surface area contributed by atoms with Gasteiger partial charge >= 0.3 is 6.18 Å². The van der Waals surface area contributed by atoms with Gasteiger partial charge in [0.2, 0.25) is 0 Å². The molecular weight excluding hydrogens is 349 g/mol. The van der Waals surface area contributed by atoms with Gasteiger partial charge in [-0.15, -0.1) is 0 Å². The van der Waals surface area contributed by atoms with Crippen LogP contribution in [0, 0.1) is 11.3 Å². The summed E-state index contributed by atoms with van der Waals surface area (Å²) >= 11 is 3.15. The van der Waals surface area contributed by atoms with Gasteiger partial charge in [-0.2, -0.15) is 18.4 Å². The second-order valence-corrected chi connectivity index (χ2v) is 4.95. The minimum absolute atomic E-state index is 0.131. The van der Waals surface area contributed by atoms with E-state index < -0.39 is 11.7 Å². The zero-order valence-electron chi connectivity index (χ0n) is 10.4. The highest BCUT2D eigenvalue weighted by Crippen LogP contribution is 2.35. The Morgan fingerprint density at radius 2 is 2.00 bits per heavy atom. The summed E-state index contributed by atoms with van der Waals surface area (Å²) < 4.78 is 38.5. The highest BCUT2D eigenvalue weighted by Gasteiger charge is 2.31. The van der Waals surface area contributed by atoms with Gasteiger partial charge in [-0.3, -0.25) is 0 Å². The zero-order valence-corrected chi connectivity index (χ0v) is 12.0. The second-order valence-electron chi connectivity index (χ2n) is 4.09. The first-order valence-corrected chi connectivity index (χ1v) is 6.40. The molecule has 2 aromatic rings. The lowest BCUT2D eigenvalue weighted by atomic mass is 10.2. The van der Waals surface area contributed by atoms with E-state index in [1.165, 1.54) is 18.3 Å². The van der Waals surface area contributed by atoms with Crippen molar-refractivity contribution in [1.82, 2.24) is 4.98 Å². The van der Waals surface area contributed by atoms with Crippen LogP contribution in [0.1, 0.15) is 11.1 Å². The molecule has 1 aromatic heterocycles. The average molecular weight is 357 g/mol. The number of nitriles is 1. The third-order valence-corrected chi connectivity index (χ3v) is 3.27. The summed E-state index contributed by atoms with van der Waals surface area (Å²) in [5.74, 6) is 0.131. The van der Waals surface area contributed by atoms with Gasteiger partial charge in [0.05, 0.1) is 28.7 Å². The molecule has 0 atom stereocenters.